The number of carbonyl (C=O) groups excluding carboxylic acids is 1. The summed E-state index contributed by atoms with van der Waals surface area (Å²) in [5.41, 5.74) is 5.56. The lowest BCUT2D eigenvalue weighted by atomic mass is 10.2. The maximum atomic E-state index is 12.2. The van der Waals surface area contributed by atoms with E-state index in [2.05, 4.69) is 18.1 Å². The van der Waals surface area contributed by atoms with Gasteiger partial charge in [0.1, 0.15) is 5.56 Å². The Bertz CT molecular complexity index is 518. The van der Waals surface area contributed by atoms with Crippen LogP contribution in [0.25, 0.3) is 0 Å². The van der Waals surface area contributed by atoms with Crippen molar-refractivity contribution in [2.75, 3.05) is 18.8 Å². The lowest BCUT2D eigenvalue weighted by Gasteiger charge is -2.18. The summed E-state index contributed by atoms with van der Waals surface area (Å²) in [6.45, 7) is 7.56. The molecule has 7 nitrogen and oxygen atoms in total. The molecule has 7 heteroatoms. The predicted octanol–water partition coefficient (Wildman–Crippen LogP) is 1.39. The predicted molar refractivity (Wildman–Crippen MR) is 71.6 cm³/mol. The highest BCUT2D eigenvalue weighted by Crippen LogP contribution is 2.19. The molecule has 0 saturated carbocycles. The van der Waals surface area contributed by atoms with E-state index in [1.807, 2.05) is 0 Å². The molecule has 19 heavy (non-hydrogen) atoms. The number of pyridine rings is 1. The number of rotatable bonds is 6. The fraction of sp³-hybridized carbons (Fsp3) is 0.167. The number of nitro groups is 1. The van der Waals surface area contributed by atoms with E-state index in [9.17, 15) is 14.9 Å². The van der Waals surface area contributed by atoms with Gasteiger partial charge in [-0.15, -0.1) is 13.2 Å². The second kappa shape index (κ2) is 6.29. The van der Waals surface area contributed by atoms with Crippen molar-refractivity contribution in [3.63, 3.8) is 0 Å². The third-order valence-corrected chi connectivity index (χ3v) is 2.28. The lowest BCUT2D eigenvalue weighted by molar-refractivity contribution is -0.389. The Kier molecular flexibility index (Phi) is 4.76. The molecule has 0 bridgehead atoms. The van der Waals surface area contributed by atoms with Crippen LogP contribution in [0, 0.1) is 10.1 Å². The van der Waals surface area contributed by atoms with Gasteiger partial charge in [0.05, 0.1) is 5.69 Å². The van der Waals surface area contributed by atoms with Crippen LogP contribution in [-0.4, -0.2) is 33.8 Å². The molecule has 2 N–H and O–H groups in total. The summed E-state index contributed by atoms with van der Waals surface area (Å²) in [4.78, 5) is 27.3. The maximum Gasteiger partial charge on any atom is 0.376 e. The smallest absolute Gasteiger partial charge is 0.376 e. The molecule has 0 radical (unpaired) electrons. The van der Waals surface area contributed by atoms with E-state index in [-0.39, 0.29) is 24.3 Å². The molecule has 1 rings (SSSR count). The molecule has 1 aromatic rings. The minimum Gasteiger partial charge on any atom is -0.396 e. The molecule has 0 unspecified atom stereocenters. The number of nitrogen functional groups attached to an aromatic ring is 1. The third kappa shape index (κ3) is 3.38. The number of carbonyl (C=O) groups is 1. The van der Waals surface area contributed by atoms with Crippen molar-refractivity contribution in [3.8, 4) is 0 Å². The van der Waals surface area contributed by atoms with Gasteiger partial charge in [0.15, 0.2) is 6.20 Å². The van der Waals surface area contributed by atoms with E-state index >= 15 is 0 Å². The number of hydrogen-bond acceptors (Lipinski definition) is 5. The highest BCUT2D eigenvalue weighted by molar-refractivity contribution is 5.98. The van der Waals surface area contributed by atoms with E-state index in [1.54, 1.807) is 0 Å². The van der Waals surface area contributed by atoms with Crippen LogP contribution in [0.3, 0.4) is 0 Å². The molecule has 0 aromatic carbocycles. The van der Waals surface area contributed by atoms with Gasteiger partial charge in [0, 0.05) is 13.1 Å². The van der Waals surface area contributed by atoms with Gasteiger partial charge in [-0.05, 0) is 16.0 Å². The summed E-state index contributed by atoms with van der Waals surface area (Å²) in [5.74, 6) is -1.05. The third-order valence-electron chi connectivity index (χ3n) is 2.28. The fourth-order valence-corrected chi connectivity index (χ4v) is 1.50. The zero-order valence-corrected chi connectivity index (χ0v) is 10.3. The van der Waals surface area contributed by atoms with Crippen LogP contribution in [0.1, 0.15) is 10.4 Å². The minimum absolute atomic E-state index is 0.145. The summed E-state index contributed by atoms with van der Waals surface area (Å²) in [7, 11) is 0. The zero-order chi connectivity index (χ0) is 14.4. The summed E-state index contributed by atoms with van der Waals surface area (Å²) in [6, 6.07) is 1.24. The molecule has 1 heterocycles. The van der Waals surface area contributed by atoms with Crippen LogP contribution >= 0.6 is 0 Å². The summed E-state index contributed by atoms with van der Waals surface area (Å²) >= 11 is 0. The SMILES string of the molecule is C=CCN(CC=C)C(=O)c1cc(N)cnc1[N+](=O)[O-]. The van der Waals surface area contributed by atoms with Crippen molar-refractivity contribution in [2.45, 2.75) is 0 Å². The first-order chi connectivity index (χ1) is 9.01. The summed E-state index contributed by atoms with van der Waals surface area (Å²) in [6.07, 6.45) is 4.18. The van der Waals surface area contributed by atoms with Crippen molar-refractivity contribution in [1.29, 1.82) is 0 Å². The van der Waals surface area contributed by atoms with Crippen molar-refractivity contribution >= 4 is 17.4 Å². The van der Waals surface area contributed by atoms with Gasteiger partial charge in [-0.3, -0.25) is 4.79 Å². The van der Waals surface area contributed by atoms with Crippen molar-refractivity contribution in [1.82, 2.24) is 9.88 Å². The van der Waals surface area contributed by atoms with Gasteiger partial charge in [-0.1, -0.05) is 12.2 Å². The molecular weight excluding hydrogens is 248 g/mol. The Morgan fingerprint density at radius 3 is 2.53 bits per heavy atom. The van der Waals surface area contributed by atoms with Gasteiger partial charge < -0.3 is 20.7 Å². The average molecular weight is 262 g/mol. The Hall–Kier alpha value is -2.70. The minimum atomic E-state index is -0.716. The molecule has 0 spiro atoms. The molecule has 100 valence electrons. The number of amides is 1. The second-order valence-electron chi connectivity index (χ2n) is 3.68. The van der Waals surface area contributed by atoms with Crippen molar-refractivity contribution < 1.29 is 9.72 Å². The molecule has 0 fully saturated rings. The topological polar surface area (TPSA) is 102 Å². The summed E-state index contributed by atoms with van der Waals surface area (Å²) in [5, 5.41) is 10.9. The zero-order valence-electron chi connectivity index (χ0n) is 10.3. The van der Waals surface area contributed by atoms with Crippen LogP contribution in [0.15, 0.2) is 37.6 Å². The van der Waals surface area contributed by atoms with Crippen molar-refractivity contribution in [2.24, 2.45) is 0 Å². The number of anilines is 1. The fourth-order valence-electron chi connectivity index (χ4n) is 1.50. The van der Waals surface area contributed by atoms with Crippen LogP contribution in [-0.2, 0) is 0 Å². The van der Waals surface area contributed by atoms with Crippen molar-refractivity contribution in [3.05, 3.63) is 53.3 Å². The number of nitrogens with two attached hydrogens (primary N) is 1. The number of nitrogens with zero attached hydrogens (tertiary/aromatic N) is 3. The number of hydrogen-bond donors (Lipinski definition) is 1. The monoisotopic (exact) mass is 262 g/mol. The standard InChI is InChI=1S/C12H14N4O3/c1-3-5-15(6-4-2)12(17)10-7-9(13)8-14-11(10)16(18)19/h3-4,7-8H,1-2,5-6,13H2. The molecule has 1 amide bonds. The normalized spacial score (nSPS) is 9.68. The Labute approximate surface area is 110 Å². The quantitative estimate of drug-likeness (QED) is 0.474. The lowest BCUT2D eigenvalue weighted by Crippen LogP contribution is -2.32. The van der Waals surface area contributed by atoms with E-state index in [0.29, 0.717) is 0 Å². The van der Waals surface area contributed by atoms with E-state index < -0.39 is 16.6 Å². The maximum absolute atomic E-state index is 12.2. The highest BCUT2D eigenvalue weighted by Gasteiger charge is 2.25. The summed E-state index contributed by atoms with van der Waals surface area (Å²) < 4.78 is 0. The van der Waals surface area contributed by atoms with Gasteiger partial charge >= 0.3 is 5.82 Å². The molecular formula is C12H14N4O3. The highest BCUT2D eigenvalue weighted by atomic mass is 16.6. The Balaban J connectivity index is 3.22. The first-order valence-electron chi connectivity index (χ1n) is 5.42. The number of aromatic nitrogens is 1. The van der Waals surface area contributed by atoms with E-state index in [4.69, 9.17) is 5.73 Å². The molecule has 0 aliphatic heterocycles. The molecule has 0 aliphatic carbocycles. The Morgan fingerprint density at radius 2 is 2.05 bits per heavy atom. The molecule has 0 aliphatic rings. The van der Waals surface area contributed by atoms with Gasteiger partial charge in [0.25, 0.3) is 5.91 Å². The molecule has 1 aromatic heterocycles. The largest absolute Gasteiger partial charge is 0.396 e. The van der Waals surface area contributed by atoms with Gasteiger partial charge in [-0.2, -0.15) is 0 Å². The van der Waals surface area contributed by atoms with Crippen LogP contribution in [0.2, 0.25) is 0 Å². The molecule has 0 atom stereocenters. The molecule has 0 saturated heterocycles. The average Bonchev–Trinajstić information content (AvgIpc) is 2.37. The van der Waals surface area contributed by atoms with Crippen LogP contribution < -0.4 is 5.73 Å². The van der Waals surface area contributed by atoms with Crippen LogP contribution in [0.4, 0.5) is 11.5 Å². The van der Waals surface area contributed by atoms with Gasteiger partial charge in [0.2, 0.25) is 0 Å². The Morgan fingerprint density at radius 1 is 1.47 bits per heavy atom. The van der Waals surface area contributed by atoms with Gasteiger partial charge in [-0.25, -0.2) is 0 Å². The van der Waals surface area contributed by atoms with E-state index in [0.717, 1.165) is 6.20 Å². The van der Waals surface area contributed by atoms with E-state index in [1.165, 1.54) is 23.1 Å². The first kappa shape index (κ1) is 14.4. The second-order valence-corrected chi connectivity index (χ2v) is 3.68. The first-order valence-corrected chi connectivity index (χ1v) is 5.42. The van der Waals surface area contributed by atoms with Crippen LogP contribution in [0.5, 0.6) is 0 Å².